The van der Waals surface area contributed by atoms with Crippen LogP contribution in [-0.2, 0) is 14.8 Å². The molecular formula is C26H25NO7S. The first-order valence-corrected chi connectivity index (χ1v) is 12.5. The lowest BCUT2D eigenvalue weighted by molar-refractivity contribution is 0.0474. The first-order chi connectivity index (χ1) is 16.8. The lowest BCUT2D eigenvalue weighted by Gasteiger charge is -2.24. The molecular weight excluding hydrogens is 470 g/mol. The van der Waals surface area contributed by atoms with Gasteiger partial charge in [-0.15, -0.1) is 0 Å². The van der Waals surface area contributed by atoms with E-state index >= 15 is 0 Å². The zero-order valence-corrected chi connectivity index (χ0v) is 20.2. The molecule has 3 aromatic carbocycles. The van der Waals surface area contributed by atoms with E-state index < -0.39 is 28.4 Å². The molecule has 0 unspecified atom stereocenters. The summed E-state index contributed by atoms with van der Waals surface area (Å²) < 4.78 is 44.2. The van der Waals surface area contributed by atoms with E-state index in [-0.39, 0.29) is 17.0 Å². The van der Waals surface area contributed by atoms with Crippen LogP contribution in [0.15, 0.2) is 71.6 Å². The lowest BCUT2D eigenvalue weighted by atomic mass is 10.1. The van der Waals surface area contributed by atoms with Crippen molar-refractivity contribution in [2.45, 2.75) is 18.7 Å². The summed E-state index contributed by atoms with van der Waals surface area (Å²) in [5.74, 6) is -0.206. The van der Waals surface area contributed by atoms with Crippen LogP contribution in [0.25, 0.3) is 0 Å². The molecule has 0 amide bonds. The molecule has 0 fully saturated rings. The van der Waals surface area contributed by atoms with Gasteiger partial charge in [0, 0.05) is 12.1 Å². The summed E-state index contributed by atoms with van der Waals surface area (Å²) in [6, 6.07) is 17.8. The number of rotatable bonds is 8. The number of Topliss-reactive ketones (excluding diaryl/α,β-unsaturated/α-hetero) is 1. The summed E-state index contributed by atoms with van der Waals surface area (Å²) in [4.78, 5) is 25.2. The molecule has 3 aromatic rings. The standard InChI is InChI=1S/C26H25NO7S/c1-3-27(21-7-5-4-6-8-21)35(30,31)25-16-20(10-9-18(25)2)26(29)34-17-22(28)19-11-12-23-24(15-19)33-14-13-32-23/h4-12,15-16H,3,13-14,17H2,1-2H3. The Kier molecular flexibility index (Phi) is 7.07. The van der Waals surface area contributed by atoms with Crippen molar-refractivity contribution in [1.82, 2.24) is 0 Å². The SMILES string of the molecule is CCN(c1ccccc1)S(=O)(=O)c1cc(C(=O)OCC(=O)c2ccc3c(c2)OCCO3)ccc1C. The van der Waals surface area contributed by atoms with Crippen molar-refractivity contribution in [1.29, 1.82) is 0 Å². The number of fused-ring (bicyclic) bond motifs is 1. The normalized spacial score (nSPS) is 12.6. The lowest BCUT2D eigenvalue weighted by Crippen LogP contribution is -2.31. The average Bonchev–Trinajstić information content (AvgIpc) is 2.87. The molecule has 0 aliphatic carbocycles. The fourth-order valence-electron chi connectivity index (χ4n) is 3.72. The van der Waals surface area contributed by atoms with Crippen LogP contribution >= 0.6 is 0 Å². The highest BCUT2D eigenvalue weighted by atomic mass is 32.2. The number of carbonyl (C=O) groups excluding carboxylic acids is 2. The summed E-state index contributed by atoms with van der Waals surface area (Å²) >= 11 is 0. The summed E-state index contributed by atoms with van der Waals surface area (Å²) in [5.41, 5.74) is 1.36. The molecule has 0 saturated heterocycles. The van der Waals surface area contributed by atoms with E-state index in [1.54, 1.807) is 68.4 Å². The summed E-state index contributed by atoms with van der Waals surface area (Å²) in [6.07, 6.45) is 0. The highest BCUT2D eigenvalue weighted by molar-refractivity contribution is 7.92. The summed E-state index contributed by atoms with van der Waals surface area (Å²) in [6.45, 7) is 3.93. The zero-order valence-electron chi connectivity index (χ0n) is 19.4. The van der Waals surface area contributed by atoms with Gasteiger partial charge < -0.3 is 14.2 Å². The van der Waals surface area contributed by atoms with Crippen LogP contribution < -0.4 is 13.8 Å². The number of hydrogen-bond acceptors (Lipinski definition) is 7. The number of ether oxygens (including phenoxy) is 3. The van der Waals surface area contributed by atoms with Crippen LogP contribution in [0.4, 0.5) is 5.69 Å². The highest BCUT2D eigenvalue weighted by Crippen LogP contribution is 2.31. The van der Waals surface area contributed by atoms with E-state index in [0.29, 0.717) is 41.5 Å². The number of benzene rings is 3. The van der Waals surface area contributed by atoms with Gasteiger partial charge in [-0.1, -0.05) is 24.3 Å². The fraction of sp³-hybridized carbons (Fsp3) is 0.231. The molecule has 0 spiro atoms. The second-order valence-electron chi connectivity index (χ2n) is 7.84. The number of nitrogens with zero attached hydrogens (tertiary/aromatic N) is 1. The second-order valence-corrected chi connectivity index (χ2v) is 9.67. The van der Waals surface area contributed by atoms with Crippen LogP contribution in [0, 0.1) is 6.92 Å². The minimum Gasteiger partial charge on any atom is -0.486 e. The molecule has 1 aliphatic rings. The first kappa shape index (κ1) is 24.3. The van der Waals surface area contributed by atoms with Crippen LogP contribution in [0.3, 0.4) is 0 Å². The van der Waals surface area contributed by atoms with E-state index in [1.165, 1.54) is 16.4 Å². The van der Waals surface area contributed by atoms with Gasteiger partial charge >= 0.3 is 5.97 Å². The quantitative estimate of drug-likeness (QED) is 0.344. The molecule has 8 nitrogen and oxygen atoms in total. The number of aryl methyl sites for hydroxylation is 1. The van der Waals surface area contributed by atoms with E-state index in [9.17, 15) is 18.0 Å². The van der Waals surface area contributed by atoms with Gasteiger partial charge in [0.15, 0.2) is 23.9 Å². The van der Waals surface area contributed by atoms with Gasteiger partial charge in [-0.3, -0.25) is 9.10 Å². The Hall–Kier alpha value is -3.85. The van der Waals surface area contributed by atoms with Crippen LogP contribution in [0.1, 0.15) is 33.2 Å². The monoisotopic (exact) mass is 495 g/mol. The van der Waals surface area contributed by atoms with E-state index in [1.807, 2.05) is 0 Å². The number of carbonyl (C=O) groups is 2. The Morgan fingerprint density at radius 1 is 0.914 bits per heavy atom. The van der Waals surface area contributed by atoms with Crippen molar-refractivity contribution in [3.05, 3.63) is 83.4 Å². The molecule has 35 heavy (non-hydrogen) atoms. The molecule has 0 atom stereocenters. The predicted molar refractivity (Wildman–Crippen MR) is 130 cm³/mol. The Labute approximate surface area is 204 Å². The molecule has 1 heterocycles. The maximum Gasteiger partial charge on any atom is 0.338 e. The predicted octanol–water partition coefficient (Wildman–Crippen LogP) is 4.02. The summed E-state index contributed by atoms with van der Waals surface area (Å²) in [7, 11) is -3.94. The minimum absolute atomic E-state index is 0.00387. The van der Waals surface area contributed by atoms with Crippen molar-refractivity contribution in [3.8, 4) is 11.5 Å². The van der Waals surface area contributed by atoms with E-state index in [0.717, 1.165) is 0 Å². The molecule has 4 rings (SSSR count). The second kappa shape index (κ2) is 10.2. The third kappa shape index (κ3) is 5.14. The third-order valence-corrected chi connectivity index (χ3v) is 7.57. The van der Waals surface area contributed by atoms with Crippen molar-refractivity contribution in [2.24, 2.45) is 0 Å². The molecule has 1 aliphatic heterocycles. The Balaban J connectivity index is 1.51. The minimum atomic E-state index is -3.94. The van der Waals surface area contributed by atoms with Gasteiger partial charge in [-0.25, -0.2) is 13.2 Å². The van der Waals surface area contributed by atoms with Crippen molar-refractivity contribution in [3.63, 3.8) is 0 Å². The zero-order chi connectivity index (χ0) is 25.0. The third-order valence-electron chi connectivity index (χ3n) is 5.52. The number of para-hydroxylation sites is 1. The van der Waals surface area contributed by atoms with Gasteiger partial charge in [-0.05, 0) is 61.9 Å². The first-order valence-electron chi connectivity index (χ1n) is 11.1. The van der Waals surface area contributed by atoms with Crippen molar-refractivity contribution in [2.75, 3.05) is 30.7 Å². The molecule has 0 aromatic heterocycles. The molecule has 0 N–H and O–H groups in total. The fourth-order valence-corrected chi connectivity index (χ4v) is 5.45. The number of esters is 1. The maximum absolute atomic E-state index is 13.4. The maximum atomic E-state index is 13.4. The smallest absolute Gasteiger partial charge is 0.338 e. The molecule has 9 heteroatoms. The number of anilines is 1. The van der Waals surface area contributed by atoms with Gasteiger partial charge in [-0.2, -0.15) is 0 Å². The van der Waals surface area contributed by atoms with Crippen LogP contribution in [0.5, 0.6) is 11.5 Å². The number of sulfonamides is 1. The van der Waals surface area contributed by atoms with Crippen LogP contribution in [-0.4, -0.2) is 46.5 Å². The Bertz CT molecular complexity index is 1350. The molecule has 0 radical (unpaired) electrons. The van der Waals surface area contributed by atoms with Crippen molar-refractivity contribution < 1.29 is 32.2 Å². The van der Waals surface area contributed by atoms with Crippen molar-refractivity contribution >= 4 is 27.5 Å². The van der Waals surface area contributed by atoms with E-state index in [2.05, 4.69) is 0 Å². The van der Waals surface area contributed by atoms with Gasteiger partial charge in [0.05, 0.1) is 16.1 Å². The van der Waals surface area contributed by atoms with Gasteiger partial charge in [0.1, 0.15) is 13.2 Å². The topological polar surface area (TPSA) is 99.2 Å². The molecule has 182 valence electrons. The molecule has 0 saturated carbocycles. The Morgan fingerprint density at radius 3 is 2.31 bits per heavy atom. The van der Waals surface area contributed by atoms with E-state index in [4.69, 9.17) is 14.2 Å². The summed E-state index contributed by atoms with van der Waals surface area (Å²) in [5, 5.41) is 0. The highest BCUT2D eigenvalue weighted by Gasteiger charge is 2.27. The molecule has 0 bridgehead atoms. The largest absolute Gasteiger partial charge is 0.486 e. The Morgan fingerprint density at radius 2 is 1.60 bits per heavy atom. The average molecular weight is 496 g/mol. The number of ketones is 1. The van der Waals surface area contributed by atoms with Gasteiger partial charge in [0.2, 0.25) is 0 Å². The van der Waals surface area contributed by atoms with Gasteiger partial charge in [0.25, 0.3) is 10.0 Å². The van der Waals surface area contributed by atoms with Crippen LogP contribution in [0.2, 0.25) is 0 Å². The number of hydrogen-bond donors (Lipinski definition) is 0.